The molecule has 5 amide bonds. The number of anilines is 2. The van der Waals surface area contributed by atoms with E-state index in [1.807, 2.05) is 6.92 Å². The van der Waals surface area contributed by atoms with Gasteiger partial charge in [0, 0.05) is 11.3 Å². The van der Waals surface area contributed by atoms with Crippen molar-refractivity contribution in [3.05, 3.63) is 54.1 Å². The molecular formula is C25H28N4O5. The lowest BCUT2D eigenvalue weighted by Gasteiger charge is -2.36. The molecule has 1 heterocycles. The quantitative estimate of drug-likeness (QED) is 0.567. The molecule has 0 aromatic heterocycles. The SMILES string of the molecule is COc1ccccc1NC(=O)c1ccc(NC(=O)CN2C(=O)NC3(CCCCC3C)C2=O)cc1. The number of ether oxygens (including phenoxy) is 1. The number of imide groups is 1. The van der Waals surface area contributed by atoms with Crippen LogP contribution in [0.2, 0.25) is 0 Å². The van der Waals surface area contributed by atoms with Gasteiger partial charge in [-0.05, 0) is 55.2 Å². The number of para-hydroxylation sites is 2. The number of nitrogens with one attached hydrogen (secondary N) is 3. The summed E-state index contributed by atoms with van der Waals surface area (Å²) in [4.78, 5) is 51.6. The molecule has 9 heteroatoms. The van der Waals surface area contributed by atoms with Gasteiger partial charge in [0.05, 0.1) is 12.8 Å². The number of rotatable bonds is 6. The molecule has 0 radical (unpaired) electrons. The van der Waals surface area contributed by atoms with Crippen LogP contribution in [-0.4, -0.2) is 47.8 Å². The molecular weight excluding hydrogens is 436 g/mol. The van der Waals surface area contributed by atoms with Crippen molar-refractivity contribution in [1.29, 1.82) is 0 Å². The van der Waals surface area contributed by atoms with Crippen molar-refractivity contribution in [3.8, 4) is 5.75 Å². The summed E-state index contributed by atoms with van der Waals surface area (Å²) in [5.41, 5.74) is 0.496. The van der Waals surface area contributed by atoms with Crippen LogP contribution in [0, 0.1) is 5.92 Å². The first-order chi connectivity index (χ1) is 16.3. The Morgan fingerprint density at radius 2 is 1.82 bits per heavy atom. The lowest BCUT2D eigenvalue weighted by atomic mass is 9.73. The normalized spacial score (nSPS) is 21.8. The molecule has 1 aliphatic heterocycles. The van der Waals surface area contributed by atoms with Crippen LogP contribution in [0.15, 0.2) is 48.5 Å². The van der Waals surface area contributed by atoms with E-state index in [-0.39, 0.29) is 24.3 Å². The maximum absolute atomic E-state index is 13.0. The number of methoxy groups -OCH3 is 1. The molecule has 2 fully saturated rings. The minimum atomic E-state index is -0.897. The standard InChI is InChI=1S/C25H28N4O5/c1-16-7-5-6-14-25(16)23(32)29(24(33)28-25)15-21(30)26-18-12-10-17(11-13-18)22(31)27-19-8-3-4-9-20(19)34-2/h3-4,8-13,16H,5-7,14-15H2,1-2H3,(H,26,30)(H,27,31)(H,28,33). The van der Waals surface area contributed by atoms with Crippen molar-refractivity contribution in [1.82, 2.24) is 10.2 Å². The summed E-state index contributed by atoms with van der Waals surface area (Å²) in [5, 5.41) is 8.31. The number of hydrogen-bond donors (Lipinski definition) is 3. The smallest absolute Gasteiger partial charge is 0.325 e. The first kappa shape index (κ1) is 23.3. The maximum Gasteiger partial charge on any atom is 0.325 e. The van der Waals surface area contributed by atoms with E-state index in [0.717, 1.165) is 24.2 Å². The van der Waals surface area contributed by atoms with E-state index in [4.69, 9.17) is 4.74 Å². The van der Waals surface area contributed by atoms with Crippen molar-refractivity contribution in [3.63, 3.8) is 0 Å². The fourth-order valence-electron chi connectivity index (χ4n) is 4.63. The number of nitrogens with zero attached hydrogens (tertiary/aromatic N) is 1. The Morgan fingerprint density at radius 1 is 1.09 bits per heavy atom. The number of carbonyl (C=O) groups excluding carboxylic acids is 4. The Labute approximate surface area is 197 Å². The summed E-state index contributed by atoms with van der Waals surface area (Å²) < 4.78 is 5.24. The van der Waals surface area contributed by atoms with E-state index >= 15 is 0 Å². The van der Waals surface area contributed by atoms with Gasteiger partial charge in [-0.25, -0.2) is 4.79 Å². The van der Waals surface area contributed by atoms with Gasteiger partial charge in [-0.1, -0.05) is 31.9 Å². The van der Waals surface area contributed by atoms with Crippen LogP contribution in [0.5, 0.6) is 5.75 Å². The highest BCUT2D eigenvalue weighted by Gasteiger charge is 2.55. The van der Waals surface area contributed by atoms with Gasteiger partial charge in [-0.15, -0.1) is 0 Å². The van der Waals surface area contributed by atoms with Gasteiger partial charge in [0.25, 0.3) is 11.8 Å². The second-order valence-corrected chi connectivity index (χ2v) is 8.72. The molecule has 2 unspecified atom stereocenters. The predicted molar refractivity (Wildman–Crippen MR) is 127 cm³/mol. The van der Waals surface area contributed by atoms with E-state index in [0.29, 0.717) is 29.1 Å². The molecule has 3 N–H and O–H groups in total. The van der Waals surface area contributed by atoms with Crippen LogP contribution >= 0.6 is 0 Å². The monoisotopic (exact) mass is 464 g/mol. The minimum absolute atomic E-state index is 0.0281. The minimum Gasteiger partial charge on any atom is -0.495 e. The summed E-state index contributed by atoms with van der Waals surface area (Å²) >= 11 is 0. The van der Waals surface area contributed by atoms with Crippen LogP contribution in [0.3, 0.4) is 0 Å². The predicted octanol–water partition coefficient (Wildman–Crippen LogP) is 3.39. The zero-order valence-electron chi connectivity index (χ0n) is 19.2. The Kier molecular flexibility index (Phi) is 6.54. The van der Waals surface area contributed by atoms with E-state index < -0.39 is 17.5 Å². The van der Waals surface area contributed by atoms with Gasteiger partial charge >= 0.3 is 6.03 Å². The average Bonchev–Trinajstić information content (AvgIpc) is 3.06. The topological polar surface area (TPSA) is 117 Å². The van der Waals surface area contributed by atoms with E-state index in [1.165, 1.54) is 7.11 Å². The fourth-order valence-corrected chi connectivity index (χ4v) is 4.63. The van der Waals surface area contributed by atoms with Gasteiger partial charge in [0.1, 0.15) is 17.8 Å². The van der Waals surface area contributed by atoms with E-state index in [9.17, 15) is 19.2 Å². The number of hydrogen-bond acceptors (Lipinski definition) is 5. The number of benzene rings is 2. The second kappa shape index (κ2) is 9.54. The Hall–Kier alpha value is -3.88. The Balaban J connectivity index is 1.36. The number of amides is 5. The van der Waals surface area contributed by atoms with Crippen molar-refractivity contribution >= 4 is 35.1 Å². The third-order valence-electron chi connectivity index (χ3n) is 6.59. The summed E-state index contributed by atoms with van der Waals surface area (Å²) in [6, 6.07) is 12.9. The van der Waals surface area contributed by atoms with Gasteiger partial charge in [0.15, 0.2) is 0 Å². The molecule has 178 valence electrons. The van der Waals surface area contributed by atoms with Gasteiger partial charge < -0.3 is 20.7 Å². The van der Waals surface area contributed by atoms with Crippen LogP contribution in [0.1, 0.15) is 43.0 Å². The number of carbonyl (C=O) groups is 4. The molecule has 34 heavy (non-hydrogen) atoms. The summed E-state index contributed by atoms with van der Waals surface area (Å²) in [6.45, 7) is 1.60. The molecule has 1 aliphatic carbocycles. The maximum atomic E-state index is 13.0. The van der Waals surface area contributed by atoms with E-state index in [2.05, 4.69) is 16.0 Å². The van der Waals surface area contributed by atoms with Gasteiger partial charge in [-0.2, -0.15) is 0 Å². The molecule has 2 aromatic carbocycles. The highest BCUT2D eigenvalue weighted by molar-refractivity contribution is 6.10. The van der Waals surface area contributed by atoms with Crippen molar-refractivity contribution < 1.29 is 23.9 Å². The van der Waals surface area contributed by atoms with Crippen LogP contribution in [0.25, 0.3) is 0 Å². The average molecular weight is 465 g/mol. The molecule has 2 aromatic rings. The largest absolute Gasteiger partial charge is 0.495 e. The molecule has 1 spiro atoms. The van der Waals surface area contributed by atoms with Crippen LogP contribution < -0.4 is 20.7 Å². The molecule has 1 saturated carbocycles. The van der Waals surface area contributed by atoms with Crippen molar-refractivity contribution in [2.24, 2.45) is 5.92 Å². The molecule has 9 nitrogen and oxygen atoms in total. The van der Waals surface area contributed by atoms with Crippen LogP contribution in [0.4, 0.5) is 16.2 Å². The lowest BCUT2D eigenvalue weighted by molar-refractivity contribution is -0.136. The molecule has 4 rings (SSSR count). The Bertz CT molecular complexity index is 1120. The van der Waals surface area contributed by atoms with Crippen molar-refractivity contribution in [2.75, 3.05) is 24.3 Å². The zero-order chi connectivity index (χ0) is 24.3. The molecule has 2 atom stereocenters. The third kappa shape index (κ3) is 4.46. The lowest BCUT2D eigenvalue weighted by Crippen LogP contribution is -2.54. The van der Waals surface area contributed by atoms with Gasteiger partial charge in [0.2, 0.25) is 5.91 Å². The highest BCUT2D eigenvalue weighted by atomic mass is 16.5. The second-order valence-electron chi connectivity index (χ2n) is 8.72. The molecule has 0 bridgehead atoms. The van der Waals surface area contributed by atoms with Crippen LogP contribution in [-0.2, 0) is 9.59 Å². The number of urea groups is 1. The van der Waals surface area contributed by atoms with Crippen molar-refractivity contribution in [2.45, 2.75) is 38.1 Å². The Morgan fingerprint density at radius 3 is 2.53 bits per heavy atom. The highest BCUT2D eigenvalue weighted by Crippen LogP contribution is 2.38. The zero-order valence-corrected chi connectivity index (χ0v) is 19.2. The fraction of sp³-hybridized carbons (Fsp3) is 0.360. The van der Waals surface area contributed by atoms with Gasteiger partial charge in [-0.3, -0.25) is 19.3 Å². The summed E-state index contributed by atoms with van der Waals surface area (Å²) in [5.74, 6) is -0.572. The first-order valence-electron chi connectivity index (χ1n) is 11.3. The summed E-state index contributed by atoms with van der Waals surface area (Å²) in [7, 11) is 1.53. The third-order valence-corrected chi connectivity index (χ3v) is 6.59. The molecule has 1 saturated heterocycles. The van der Waals surface area contributed by atoms with E-state index in [1.54, 1.807) is 48.5 Å². The molecule has 2 aliphatic rings. The summed E-state index contributed by atoms with van der Waals surface area (Å²) in [6.07, 6.45) is 3.35. The first-order valence-corrected chi connectivity index (χ1v) is 11.3.